The number of hydrogen-bond acceptors (Lipinski definition) is 2. The molecule has 0 radical (unpaired) electrons. The van der Waals surface area contributed by atoms with Crippen LogP contribution in [0, 0.1) is 0 Å². The summed E-state index contributed by atoms with van der Waals surface area (Å²) in [6.45, 7) is 0. The highest BCUT2D eigenvalue weighted by Gasteiger charge is 2.32. The van der Waals surface area contributed by atoms with Crippen molar-refractivity contribution in [2.45, 2.75) is 16.1 Å². The Morgan fingerprint density at radius 1 is 0.524 bits per heavy atom. The third-order valence-electron chi connectivity index (χ3n) is 8.42. The molecule has 200 valence electrons. The summed E-state index contributed by atoms with van der Waals surface area (Å²) in [5, 5.41) is 2.93. The molecule has 2 aliphatic rings. The third kappa shape index (κ3) is 4.45. The molecule has 0 saturated carbocycles. The van der Waals surface area contributed by atoms with Gasteiger partial charge in [0, 0.05) is 32.8 Å². The van der Waals surface area contributed by atoms with Gasteiger partial charge in [-0.15, -0.1) is 11.8 Å². The largest absolute Gasteiger partial charge is 0.310 e. The Kier molecular flexibility index (Phi) is 6.27. The van der Waals surface area contributed by atoms with E-state index < -0.39 is 0 Å². The molecule has 8 rings (SSSR count). The van der Waals surface area contributed by atoms with Gasteiger partial charge in [-0.3, -0.25) is 0 Å². The van der Waals surface area contributed by atoms with Crippen LogP contribution >= 0.6 is 11.8 Å². The summed E-state index contributed by atoms with van der Waals surface area (Å²) >= 11 is 1.99. The fourth-order valence-electron chi connectivity index (χ4n) is 6.31. The lowest BCUT2D eigenvalue weighted by Crippen LogP contribution is -2.11. The van der Waals surface area contributed by atoms with Crippen molar-refractivity contribution in [1.82, 2.24) is 0 Å². The van der Waals surface area contributed by atoms with Crippen LogP contribution in [0.5, 0.6) is 0 Å². The molecule has 1 nitrogen and oxygen atoms in total. The fourth-order valence-corrected chi connectivity index (χ4v) is 7.70. The average molecular weight is 556 g/mol. The highest BCUT2D eigenvalue weighted by molar-refractivity contribution is 8.00. The van der Waals surface area contributed by atoms with Crippen LogP contribution in [-0.2, 0) is 0 Å². The van der Waals surface area contributed by atoms with E-state index in [4.69, 9.17) is 0 Å². The molecule has 42 heavy (non-hydrogen) atoms. The van der Waals surface area contributed by atoms with Gasteiger partial charge >= 0.3 is 0 Å². The van der Waals surface area contributed by atoms with E-state index in [0.29, 0.717) is 11.2 Å². The first-order chi connectivity index (χ1) is 20.8. The molecule has 1 aliphatic carbocycles. The van der Waals surface area contributed by atoms with Crippen molar-refractivity contribution in [2.75, 3.05) is 4.90 Å². The number of thioether (sulfide) groups is 1. The first-order valence-corrected chi connectivity index (χ1v) is 15.4. The van der Waals surface area contributed by atoms with Crippen molar-refractivity contribution < 1.29 is 0 Å². The number of fused-ring (bicyclic) bond motifs is 4. The standard InChI is InChI=1S/C40H29NS/c1-2-9-28(10-3-1)29-17-22-33(23-18-29)41(38-15-8-12-31-11-4-5-13-35(31)38)34-24-19-30(20-25-34)32-21-26-37-36-14-6-7-16-39(36)42-40(37)27-32/h1-27,37,40H. The van der Waals surface area contributed by atoms with Gasteiger partial charge in [0.15, 0.2) is 0 Å². The van der Waals surface area contributed by atoms with Crippen molar-refractivity contribution in [3.63, 3.8) is 0 Å². The number of hydrogen-bond donors (Lipinski definition) is 0. The van der Waals surface area contributed by atoms with Gasteiger partial charge in [-0.05, 0) is 69.6 Å². The van der Waals surface area contributed by atoms with E-state index in [2.05, 4.69) is 169 Å². The predicted octanol–water partition coefficient (Wildman–Crippen LogP) is 11.2. The molecule has 0 spiro atoms. The van der Waals surface area contributed by atoms with E-state index in [1.54, 1.807) is 0 Å². The van der Waals surface area contributed by atoms with Gasteiger partial charge in [0.25, 0.3) is 0 Å². The fraction of sp³-hybridized carbons (Fsp3) is 0.0500. The Morgan fingerprint density at radius 2 is 1.17 bits per heavy atom. The molecule has 6 aromatic carbocycles. The van der Waals surface area contributed by atoms with Crippen LogP contribution in [-0.4, -0.2) is 5.25 Å². The number of benzene rings is 6. The molecule has 0 amide bonds. The van der Waals surface area contributed by atoms with Gasteiger partial charge in [0.2, 0.25) is 0 Å². The molecule has 0 saturated heterocycles. The average Bonchev–Trinajstić information content (AvgIpc) is 3.44. The van der Waals surface area contributed by atoms with E-state index in [1.807, 2.05) is 11.8 Å². The minimum atomic E-state index is 0.456. The molecule has 2 heteroatoms. The van der Waals surface area contributed by atoms with Gasteiger partial charge < -0.3 is 4.90 Å². The number of allylic oxidation sites excluding steroid dienone is 3. The molecule has 1 heterocycles. The quantitative estimate of drug-likeness (QED) is 0.208. The Hall–Kier alpha value is -4.79. The molecule has 0 bridgehead atoms. The van der Waals surface area contributed by atoms with Crippen molar-refractivity contribution in [2.24, 2.45) is 0 Å². The van der Waals surface area contributed by atoms with Gasteiger partial charge in [0.1, 0.15) is 0 Å². The predicted molar refractivity (Wildman–Crippen MR) is 180 cm³/mol. The van der Waals surface area contributed by atoms with Crippen LogP contribution in [0.2, 0.25) is 0 Å². The van der Waals surface area contributed by atoms with Gasteiger partial charge in [-0.25, -0.2) is 0 Å². The van der Waals surface area contributed by atoms with Gasteiger partial charge in [0.05, 0.1) is 5.69 Å². The van der Waals surface area contributed by atoms with Crippen molar-refractivity contribution in [1.29, 1.82) is 0 Å². The molecular weight excluding hydrogens is 527 g/mol. The van der Waals surface area contributed by atoms with Crippen LogP contribution in [0.25, 0.3) is 27.5 Å². The van der Waals surface area contributed by atoms with E-state index in [9.17, 15) is 0 Å². The normalized spacial score (nSPS) is 17.0. The summed E-state index contributed by atoms with van der Waals surface area (Å²) in [7, 11) is 0. The van der Waals surface area contributed by atoms with Gasteiger partial charge in [-0.1, -0.05) is 127 Å². The minimum absolute atomic E-state index is 0.456. The van der Waals surface area contributed by atoms with Crippen molar-refractivity contribution in [3.8, 4) is 11.1 Å². The Labute approximate surface area is 251 Å². The zero-order valence-corrected chi connectivity index (χ0v) is 23.9. The van der Waals surface area contributed by atoms with Crippen LogP contribution < -0.4 is 4.90 Å². The van der Waals surface area contributed by atoms with E-state index >= 15 is 0 Å². The maximum absolute atomic E-state index is 2.45. The molecule has 2 unspecified atom stereocenters. The summed E-state index contributed by atoms with van der Waals surface area (Å²) in [6, 6.07) is 52.6. The van der Waals surface area contributed by atoms with E-state index in [0.717, 1.165) is 11.4 Å². The molecule has 0 N–H and O–H groups in total. The summed E-state index contributed by atoms with van der Waals surface area (Å²) in [4.78, 5) is 3.79. The number of anilines is 3. The maximum Gasteiger partial charge on any atom is 0.0540 e. The summed E-state index contributed by atoms with van der Waals surface area (Å²) in [6.07, 6.45) is 7.15. The SMILES string of the molecule is C1=CC2c3ccccc3SC2C=C1c1ccc(N(c2ccc(-c3ccccc3)cc2)c2cccc3ccccc23)cc1. The summed E-state index contributed by atoms with van der Waals surface area (Å²) in [5.41, 5.74) is 9.90. The zero-order valence-electron chi connectivity index (χ0n) is 23.1. The van der Waals surface area contributed by atoms with Crippen LogP contribution in [0.1, 0.15) is 17.0 Å². The molecule has 6 aromatic rings. The van der Waals surface area contributed by atoms with Crippen LogP contribution in [0.15, 0.2) is 169 Å². The minimum Gasteiger partial charge on any atom is -0.310 e. The first kappa shape index (κ1) is 25.0. The van der Waals surface area contributed by atoms with E-state index in [-0.39, 0.29) is 0 Å². The topological polar surface area (TPSA) is 3.24 Å². The number of rotatable bonds is 5. The summed E-state index contributed by atoms with van der Waals surface area (Å²) < 4.78 is 0. The van der Waals surface area contributed by atoms with Gasteiger partial charge in [-0.2, -0.15) is 0 Å². The van der Waals surface area contributed by atoms with E-state index in [1.165, 1.54) is 49.2 Å². The lowest BCUT2D eigenvalue weighted by molar-refractivity contribution is 0.883. The molecule has 0 fully saturated rings. The molecular formula is C40H29NS. The molecule has 1 aliphatic heterocycles. The number of nitrogens with zero attached hydrogens (tertiary/aromatic N) is 1. The third-order valence-corrected chi connectivity index (χ3v) is 9.75. The van der Waals surface area contributed by atoms with Crippen LogP contribution in [0.3, 0.4) is 0 Å². The summed E-state index contributed by atoms with van der Waals surface area (Å²) in [5.74, 6) is 0.468. The van der Waals surface area contributed by atoms with Crippen molar-refractivity contribution >= 4 is 45.2 Å². The van der Waals surface area contributed by atoms with Crippen LogP contribution in [0.4, 0.5) is 17.1 Å². The Balaban J connectivity index is 1.17. The highest BCUT2D eigenvalue weighted by Crippen LogP contribution is 2.49. The monoisotopic (exact) mass is 555 g/mol. The molecule has 2 atom stereocenters. The molecule has 0 aromatic heterocycles. The first-order valence-electron chi connectivity index (χ1n) is 14.5. The lowest BCUT2D eigenvalue weighted by Gasteiger charge is -2.27. The second-order valence-electron chi connectivity index (χ2n) is 10.9. The Bertz CT molecular complexity index is 1950. The lowest BCUT2D eigenvalue weighted by atomic mass is 9.88. The maximum atomic E-state index is 2.45. The zero-order chi connectivity index (χ0) is 27.9. The second kappa shape index (κ2) is 10.6. The second-order valence-corrected chi connectivity index (χ2v) is 12.1. The smallest absolute Gasteiger partial charge is 0.0540 e. The van der Waals surface area contributed by atoms with Crippen molar-refractivity contribution in [3.05, 3.63) is 175 Å². The highest BCUT2D eigenvalue weighted by atomic mass is 32.2. The Morgan fingerprint density at radius 3 is 1.98 bits per heavy atom.